The van der Waals surface area contributed by atoms with Crippen LogP contribution in [0, 0.1) is 6.42 Å². The number of unbranched alkanes of at least 4 members (excludes halogenated alkanes) is 4. The van der Waals surface area contributed by atoms with E-state index in [9.17, 15) is 0 Å². The molecule has 0 saturated carbocycles. The Balaban J connectivity index is 0. The third kappa shape index (κ3) is 17.4. The van der Waals surface area contributed by atoms with Gasteiger partial charge in [0.25, 0.3) is 0 Å². The molecule has 0 aromatic heterocycles. The maximum Gasteiger partial charge on any atom is -0.0448 e. The zero-order chi connectivity index (χ0) is 18.5. The monoisotopic (exact) mass is 383 g/mol. The predicted molar refractivity (Wildman–Crippen MR) is 99.1 cm³/mol. The Morgan fingerprint density at radius 1 is 0.542 bits per heavy atom. The van der Waals surface area contributed by atoms with Gasteiger partial charge in [0, 0.05) is 0 Å². The summed E-state index contributed by atoms with van der Waals surface area (Å²) in [5.41, 5.74) is 0. The summed E-state index contributed by atoms with van der Waals surface area (Å²) < 4.78 is 24.1. The Morgan fingerprint density at radius 3 is 0.917 bits per heavy atom. The van der Waals surface area contributed by atoms with Crippen LogP contribution in [0.25, 0.3) is 0 Å². The Kier molecular flexibility index (Phi) is 24.1. The molecule has 1 radical (unpaired) electrons. The zero-order valence-corrected chi connectivity index (χ0v) is 18.8. The molecular weight excluding hydrogens is 340 g/mol. The van der Waals surface area contributed by atoms with Gasteiger partial charge in [-0.05, 0) is 6.42 Å². The summed E-state index contributed by atoms with van der Waals surface area (Å²) in [5.74, 6) is 0. The molecule has 0 aliphatic carbocycles. The van der Waals surface area contributed by atoms with E-state index in [0.29, 0.717) is 26.4 Å². The first-order valence-electron chi connectivity index (χ1n) is 9.95. The van der Waals surface area contributed by atoms with Gasteiger partial charge in [0.2, 0.25) is 0 Å². The number of hydrogen-bond donors (Lipinski definition) is 0. The number of rotatable bonds is 16. The van der Waals surface area contributed by atoms with E-state index in [2.05, 4.69) is 27.7 Å². The standard InChI is InChI=1S/4C4H9O.C3H7.Ti/c4*1-2-3-4-5;1-3-2;/h4*2-4H2,1H3;3H,1-2H3;/q4*-1;;+4. The van der Waals surface area contributed by atoms with Crippen LogP contribution in [0.3, 0.4) is 0 Å². The summed E-state index contributed by atoms with van der Waals surface area (Å²) in [6, 6.07) is 0. The van der Waals surface area contributed by atoms with Gasteiger partial charge >= 0.3 is 137 Å². The van der Waals surface area contributed by atoms with Crippen molar-refractivity contribution in [3.8, 4) is 0 Å². The van der Waals surface area contributed by atoms with Crippen molar-refractivity contribution >= 4 is 0 Å². The van der Waals surface area contributed by atoms with Crippen LogP contribution >= 0.6 is 0 Å². The topological polar surface area (TPSA) is 36.9 Å². The van der Waals surface area contributed by atoms with Gasteiger partial charge in [-0.1, -0.05) is 13.8 Å². The molecule has 0 fully saturated rings. The van der Waals surface area contributed by atoms with Gasteiger partial charge in [0.1, 0.15) is 0 Å². The molecule has 0 aromatic rings. The van der Waals surface area contributed by atoms with Gasteiger partial charge in [0.15, 0.2) is 0 Å². The van der Waals surface area contributed by atoms with E-state index in [0.717, 1.165) is 51.4 Å². The molecule has 0 bridgehead atoms. The molecule has 147 valence electrons. The first kappa shape index (κ1) is 26.8. The van der Waals surface area contributed by atoms with Gasteiger partial charge in [-0.2, -0.15) is 0 Å². The minimum Gasteiger partial charge on any atom is -0.0625 e. The fraction of sp³-hybridized carbons (Fsp3) is 0.947. The Bertz CT molecular complexity index is 182. The Morgan fingerprint density at radius 2 is 0.750 bits per heavy atom. The van der Waals surface area contributed by atoms with Crippen molar-refractivity contribution < 1.29 is 31.4 Å². The van der Waals surface area contributed by atoms with Gasteiger partial charge in [-0.15, -0.1) is 0 Å². The summed E-state index contributed by atoms with van der Waals surface area (Å²) in [7, 11) is 0. The summed E-state index contributed by atoms with van der Waals surface area (Å²) in [4.78, 5) is 0. The van der Waals surface area contributed by atoms with E-state index < -0.39 is 18.1 Å². The molecule has 0 spiro atoms. The SMILES string of the molecule is CCCC[O][Ti]([O]CCCC)([O]CCCC)[O]CCCC.C[CH]C. The second-order valence-corrected chi connectivity index (χ2v) is 9.25. The molecule has 0 unspecified atom stereocenters. The van der Waals surface area contributed by atoms with Crippen LogP contribution in [0.2, 0.25) is 0 Å². The second-order valence-electron chi connectivity index (χ2n) is 5.89. The van der Waals surface area contributed by atoms with Crippen molar-refractivity contribution in [2.45, 2.75) is 92.9 Å². The van der Waals surface area contributed by atoms with Gasteiger partial charge < -0.3 is 0 Å². The van der Waals surface area contributed by atoms with E-state index in [1.54, 1.807) is 0 Å². The second kappa shape index (κ2) is 21.6. The minimum absolute atomic E-state index is 0.681. The molecule has 0 aromatic carbocycles. The minimum atomic E-state index is -3.52. The molecule has 4 nitrogen and oxygen atoms in total. The molecule has 24 heavy (non-hydrogen) atoms. The Labute approximate surface area is 157 Å². The van der Waals surface area contributed by atoms with Crippen LogP contribution in [0.5, 0.6) is 0 Å². The molecule has 0 aliphatic heterocycles. The third-order valence-corrected chi connectivity index (χ3v) is 6.59. The van der Waals surface area contributed by atoms with Gasteiger partial charge in [0.05, 0.1) is 0 Å². The molecule has 0 heterocycles. The first-order chi connectivity index (χ1) is 11.7. The first-order valence-corrected chi connectivity index (χ1v) is 12.5. The molecule has 0 amide bonds. The predicted octanol–water partition coefficient (Wildman–Crippen LogP) is 6.30. The largest absolute Gasteiger partial charge is 0.0625 e. The summed E-state index contributed by atoms with van der Waals surface area (Å²) >= 11 is -3.52. The van der Waals surface area contributed by atoms with Gasteiger partial charge in [-0.25, -0.2) is 0 Å². The van der Waals surface area contributed by atoms with Crippen molar-refractivity contribution in [1.82, 2.24) is 0 Å². The fourth-order valence-corrected chi connectivity index (χ4v) is 4.86. The zero-order valence-electron chi connectivity index (χ0n) is 17.2. The third-order valence-electron chi connectivity index (χ3n) is 3.11. The van der Waals surface area contributed by atoms with E-state index in [4.69, 9.17) is 13.3 Å². The van der Waals surface area contributed by atoms with Gasteiger partial charge in [-0.3, -0.25) is 0 Å². The summed E-state index contributed by atoms with van der Waals surface area (Å²) in [6.45, 7) is 15.4. The molecule has 0 aliphatic rings. The van der Waals surface area contributed by atoms with E-state index in [-0.39, 0.29) is 0 Å². The van der Waals surface area contributed by atoms with Crippen molar-refractivity contribution in [2.24, 2.45) is 0 Å². The van der Waals surface area contributed by atoms with Crippen LogP contribution in [-0.4, -0.2) is 26.4 Å². The molecule has 0 atom stereocenters. The average molecular weight is 383 g/mol. The fourth-order valence-electron chi connectivity index (χ4n) is 1.62. The van der Waals surface area contributed by atoms with Crippen LogP contribution in [0.4, 0.5) is 0 Å². The quantitative estimate of drug-likeness (QED) is 0.232. The molecule has 0 N–H and O–H groups in total. The van der Waals surface area contributed by atoms with Crippen LogP contribution in [0.1, 0.15) is 92.9 Å². The van der Waals surface area contributed by atoms with Crippen LogP contribution in [-0.2, 0) is 31.4 Å². The maximum atomic E-state index is 6.03. The van der Waals surface area contributed by atoms with Crippen molar-refractivity contribution in [3.63, 3.8) is 0 Å². The molecule has 0 rings (SSSR count). The van der Waals surface area contributed by atoms with E-state index in [1.165, 1.54) is 0 Å². The van der Waals surface area contributed by atoms with Crippen LogP contribution in [0.15, 0.2) is 0 Å². The Hall–Kier alpha value is 0.554. The van der Waals surface area contributed by atoms with Crippen LogP contribution < -0.4 is 0 Å². The molecule has 5 heteroatoms. The van der Waals surface area contributed by atoms with Crippen molar-refractivity contribution in [2.75, 3.05) is 26.4 Å². The average Bonchev–Trinajstić information content (AvgIpc) is 2.56. The van der Waals surface area contributed by atoms with Crippen molar-refractivity contribution in [3.05, 3.63) is 6.42 Å². The molecule has 0 saturated heterocycles. The maximum absolute atomic E-state index is 6.03. The van der Waals surface area contributed by atoms with E-state index in [1.807, 2.05) is 20.3 Å². The molecular formula is C19H43O4Ti. The summed E-state index contributed by atoms with van der Waals surface area (Å²) in [5, 5.41) is 0. The van der Waals surface area contributed by atoms with Crippen molar-refractivity contribution in [1.29, 1.82) is 0 Å². The summed E-state index contributed by atoms with van der Waals surface area (Å²) in [6.07, 6.45) is 10.5. The number of hydrogen-bond acceptors (Lipinski definition) is 4. The van der Waals surface area contributed by atoms with E-state index >= 15 is 0 Å². The normalized spacial score (nSPS) is 11.2. The smallest absolute Gasteiger partial charge is 0.0448 e.